The third-order valence-electron chi connectivity index (χ3n) is 2.64. The van der Waals surface area contributed by atoms with Crippen molar-refractivity contribution in [2.24, 2.45) is 0 Å². The molecule has 1 unspecified atom stereocenters. The van der Waals surface area contributed by atoms with Gasteiger partial charge in [-0.25, -0.2) is 0 Å². The largest absolute Gasteiger partial charge is 0.522 e. The minimum Gasteiger partial charge on any atom is -0.522 e. The van der Waals surface area contributed by atoms with Crippen LogP contribution in [0.2, 0.25) is 0 Å². The summed E-state index contributed by atoms with van der Waals surface area (Å²) < 4.78 is 5.39. The lowest BCUT2D eigenvalue weighted by atomic mass is 10.1. The number of ether oxygens (including phenoxy) is 1. The molecule has 0 bridgehead atoms. The summed E-state index contributed by atoms with van der Waals surface area (Å²) >= 11 is 0. The Balaban J connectivity index is 1.95. The summed E-state index contributed by atoms with van der Waals surface area (Å²) in [4.78, 5) is 13.5. The zero-order valence-electron chi connectivity index (χ0n) is 9.43. The van der Waals surface area contributed by atoms with Gasteiger partial charge in [-0.3, -0.25) is 4.79 Å². The first-order valence-corrected chi connectivity index (χ1v) is 5.64. The van der Waals surface area contributed by atoms with Crippen molar-refractivity contribution in [3.05, 3.63) is 42.6 Å². The van der Waals surface area contributed by atoms with E-state index < -0.39 is 0 Å². The quantitative estimate of drug-likeness (QED) is 0.723. The SMILES string of the molecule is CCCN1[CH-]OC(Cc2ccccc2)C1=O. The fourth-order valence-electron chi connectivity index (χ4n) is 1.81. The number of nitrogens with zero attached hydrogens (tertiary/aromatic N) is 1. The first-order chi connectivity index (χ1) is 7.81. The molecule has 3 nitrogen and oxygen atoms in total. The maximum absolute atomic E-state index is 11.9. The first kappa shape index (κ1) is 11.1. The zero-order valence-corrected chi connectivity index (χ0v) is 9.43. The third kappa shape index (κ3) is 2.42. The van der Waals surface area contributed by atoms with E-state index >= 15 is 0 Å². The minimum absolute atomic E-state index is 0.0747. The van der Waals surface area contributed by atoms with Gasteiger partial charge in [0.1, 0.15) is 6.10 Å². The second-order valence-electron chi connectivity index (χ2n) is 3.95. The van der Waals surface area contributed by atoms with Gasteiger partial charge in [0.15, 0.2) is 0 Å². The maximum Gasteiger partial charge on any atom is 0.222 e. The molecular weight excluding hydrogens is 202 g/mol. The van der Waals surface area contributed by atoms with Crippen LogP contribution in [0.5, 0.6) is 0 Å². The summed E-state index contributed by atoms with van der Waals surface area (Å²) in [7, 11) is 0. The summed E-state index contributed by atoms with van der Waals surface area (Å²) in [6, 6.07) is 9.94. The van der Waals surface area contributed by atoms with Gasteiger partial charge in [-0.15, -0.1) is 6.73 Å². The molecule has 1 saturated heterocycles. The molecule has 0 radical (unpaired) electrons. The standard InChI is InChI=1S/C13H16NO2/c1-2-8-14-10-16-12(13(14)15)9-11-6-4-3-5-7-11/h3-7,10,12H,2,8-9H2,1H3/q-1. The van der Waals surface area contributed by atoms with Gasteiger partial charge >= 0.3 is 0 Å². The van der Waals surface area contributed by atoms with Crippen LogP contribution in [0, 0.1) is 6.73 Å². The van der Waals surface area contributed by atoms with Gasteiger partial charge in [-0.05, 0) is 18.5 Å². The second-order valence-corrected chi connectivity index (χ2v) is 3.95. The topological polar surface area (TPSA) is 29.5 Å². The molecule has 1 aromatic rings. The Kier molecular flexibility index (Phi) is 3.57. The summed E-state index contributed by atoms with van der Waals surface area (Å²) in [5.74, 6) is 0.0747. The molecule has 1 amide bonds. The highest BCUT2D eigenvalue weighted by Gasteiger charge is 2.24. The molecule has 1 aliphatic rings. The number of hydrogen-bond acceptors (Lipinski definition) is 2. The van der Waals surface area contributed by atoms with Crippen molar-refractivity contribution in [3.8, 4) is 0 Å². The Bertz CT molecular complexity index is 350. The Morgan fingerprint density at radius 1 is 1.38 bits per heavy atom. The predicted octanol–water partition coefficient (Wildman–Crippen LogP) is 1.99. The number of hydrogen-bond donors (Lipinski definition) is 0. The van der Waals surface area contributed by atoms with Crippen molar-refractivity contribution in [2.45, 2.75) is 25.9 Å². The number of benzene rings is 1. The van der Waals surface area contributed by atoms with Crippen LogP contribution in [0.15, 0.2) is 30.3 Å². The molecule has 1 aliphatic heterocycles. The molecule has 86 valence electrons. The van der Waals surface area contributed by atoms with Gasteiger partial charge in [-0.1, -0.05) is 37.3 Å². The third-order valence-corrected chi connectivity index (χ3v) is 2.64. The number of amides is 1. The van der Waals surface area contributed by atoms with E-state index in [1.54, 1.807) is 11.6 Å². The van der Waals surface area contributed by atoms with E-state index in [2.05, 4.69) is 0 Å². The fourth-order valence-corrected chi connectivity index (χ4v) is 1.81. The van der Waals surface area contributed by atoms with Crippen molar-refractivity contribution < 1.29 is 9.53 Å². The van der Waals surface area contributed by atoms with Crippen molar-refractivity contribution in [1.29, 1.82) is 0 Å². The van der Waals surface area contributed by atoms with Crippen LogP contribution >= 0.6 is 0 Å². The molecule has 0 saturated carbocycles. The molecule has 1 atom stereocenters. The van der Waals surface area contributed by atoms with Crippen LogP contribution in [-0.2, 0) is 16.0 Å². The lowest BCUT2D eigenvalue weighted by Gasteiger charge is -2.22. The van der Waals surface area contributed by atoms with Crippen LogP contribution in [0.4, 0.5) is 0 Å². The molecule has 16 heavy (non-hydrogen) atoms. The molecule has 2 rings (SSSR count). The normalized spacial score (nSPS) is 20.4. The van der Waals surface area contributed by atoms with Gasteiger partial charge < -0.3 is 9.64 Å². The Morgan fingerprint density at radius 2 is 2.12 bits per heavy atom. The monoisotopic (exact) mass is 218 g/mol. The summed E-state index contributed by atoms with van der Waals surface area (Å²) in [5, 5.41) is 0. The van der Waals surface area contributed by atoms with Crippen LogP contribution in [0.25, 0.3) is 0 Å². The van der Waals surface area contributed by atoms with E-state index in [1.807, 2.05) is 37.3 Å². The molecule has 1 heterocycles. The van der Waals surface area contributed by atoms with E-state index in [1.165, 1.54) is 0 Å². The van der Waals surface area contributed by atoms with Gasteiger partial charge in [0.05, 0.1) is 0 Å². The fraction of sp³-hybridized carbons (Fsp3) is 0.385. The Morgan fingerprint density at radius 3 is 2.81 bits per heavy atom. The summed E-state index contributed by atoms with van der Waals surface area (Å²) in [6.45, 7) is 4.34. The zero-order chi connectivity index (χ0) is 11.4. The molecule has 3 heteroatoms. The van der Waals surface area contributed by atoms with E-state index in [-0.39, 0.29) is 12.0 Å². The van der Waals surface area contributed by atoms with Gasteiger partial charge in [-0.2, -0.15) is 0 Å². The first-order valence-electron chi connectivity index (χ1n) is 5.64. The smallest absolute Gasteiger partial charge is 0.222 e. The highest BCUT2D eigenvalue weighted by Crippen LogP contribution is 2.18. The van der Waals surface area contributed by atoms with Gasteiger partial charge in [0, 0.05) is 6.42 Å². The second kappa shape index (κ2) is 5.12. The Labute approximate surface area is 96.0 Å². The van der Waals surface area contributed by atoms with Gasteiger partial charge in [0.25, 0.3) is 0 Å². The van der Waals surface area contributed by atoms with E-state index in [0.717, 1.165) is 18.5 Å². The van der Waals surface area contributed by atoms with Gasteiger partial charge in [0.2, 0.25) is 5.91 Å². The average molecular weight is 218 g/mol. The molecule has 1 aromatic carbocycles. The van der Waals surface area contributed by atoms with E-state index in [4.69, 9.17) is 4.74 Å². The van der Waals surface area contributed by atoms with Crippen molar-refractivity contribution in [2.75, 3.05) is 6.54 Å². The number of rotatable bonds is 4. The molecule has 1 fully saturated rings. The van der Waals surface area contributed by atoms with Crippen LogP contribution in [-0.4, -0.2) is 23.5 Å². The van der Waals surface area contributed by atoms with Crippen LogP contribution in [0.3, 0.4) is 0 Å². The average Bonchev–Trinajstić information content (AvgIpc) is 2.64. The van der Waals surface area contributed by atoms with Crippen LogP contribution in [0.1, 0.15) is 18.9 Å². The minimum atomic E-state index is -0.339. The highest BCUT2D eigenvalue weighted by molar-refractivity contribution is 5.83. The molecule has 0 spiro atoms. The molecule has 0 aliphatic carbocycles. The van der Waals surface area contributed by atoms with E-state index in [0.29, 0.717) is 6.42 Å². The molecule has 0 N–H and O–H groups in total. The van der Waals surface area contributed by atoms with Crippen LogP contribution < -0.4 is 0 Å². The number of carbonyl (C=O) groups excluding carboxylic acids is 1. The molecular formula is C13H16NO2-. The Hall–Kier alpha value is -1.35. The summed E-state index contributed by atoms with van der Waals surface area (Å²) in [5.41, 5.74) is 1.13. The highest BCUT2D eigenvalue weighted by atomic mass is 16.5. The maximum atomic E-state index is 11.9. The number of carbonyl (C=O) groups is 1. The van der Waals surface area contributed by atoms with E-state index in [9.17, 15) is 4.79 Å². The summed E-state index contributed by atoms with van der Waals surface area (Å²) in [6.07, 6.45) is 1.26. The van der Waals surface area contributed by atoms with Crippen molar-refractivity contribution in [1.82, 2.24) is 4.90 Å². The lowest BCUT2D eigenvalue weighted by molar-refractivity contribution is -0.129. The van der Waals surface area contributed by atoms with Crippen molar-refractivity contribution in [3.63, 3.8) is 0 Å². The lowest BCUT2D eigenvalue weighted by Crippen LogP contribution is -2.30. The predicted molar refractivity (Wildman–Crippen MR) is 61.3 cm³/mol. The van der Waals surface area contributed by atoms with Crippen molar-refractivity contribution >= 4 is 5.91 Å². The molecule has 0 aromatic heterocycles.